The van der Waals surface area contributed by atoms with E-state index in [0.29, 0.717) is 12.1 Å². The molecule has 2 aliphatic rings. The molecule has 3 unspecified atom stereocenters. The smallest absolute Gasteiger partial charge is 0.224 e. The first-order chi connectivity index (χ1) is 12.3. The predicted molar refractivity (Wildman–Crippen MR) is 93.3 cm³/mol. The Hall–Kier alpha value is -2.02. The van der Waals surface area contributed by atoms with Gasteiger partial charge in [-0.3, -0.25) is 9.59 Å². The molecule has 1 aromatic carbocycles. The first-order valence-electron chi connectivity index (χ1n) is 9.08. The maximum Gasteiger partial charge on any atom is 0.224 e. The van der Waals surface area contributed by atoms with Gasteiger partial charge >= 0.3 is 0 Å². The fraction of sp³-hybridized carbons (Fsp3) is 0.579. The van der Waals surface area contributed by atoms with Crippen molar-refractivity contribution in [2.75, 3.05) is 7.05 Å². The van der Waals surface area contributed by atoms with Gasteiger partial charge in [0.05, 0.1) is 12.5 Å². The van der Waals surface area contributed by atoms with Crippen molar-refractivity contribution in [2.24, 2.45) is 0 Å². The lowest BCUT2D eigenvalue weighted by Crippen LogP contribution is -2.49. The highest BCUT2D eigenvalue weighted by Gasteiger charge is 2.37. The van der Waals surface area contributed by atoms with Crippen LogP contribution < -0.4 is 10.6 Å². The number of nitrogens with zero attached hydrogens (tertiary/aromatic N) is 1. The van der Waals surface area contributed by atoms with Gasteiger partial charge in [-0.15, -0.1) is 0 Å². The number of piperidine rings is 1. The summed E-state index contributed by atoms with van der Waals surface area (Å²) >= 11 is 0. The van der Waals surface area contributed by atoms with Gasteiger partial charge in [0.25, 0.3) is 0 Å². The van der Waals surface area contributed by atoms with Crippen LogP contribution in [0.25, 0.3) is 0 Å². The van der Waals surface area contributed by atoms with Gasteiger partial charge in [-0.2, -0.15) is 0 Å². The molecular formula is C19H25F2N3O2. The number of halogens is 2. The average Bonchev–Trinajstić information content (AvgIpc) is 2.91. The van der Waals surface area contributed by atoms with E-state index in [1.165, 1.54) is 13.0 Å². The van der Waals surface area contributed by atoms with Gasteiger partial charge in [-0.1, -0.05) is 6.07 Å². The van der Waals surface area contributed by atoms with Crippen LogP contribution in [0.4, 0.5) is 8.78 Å². The normalized spacial score (nSPS) is 25.6. The largest absolute Gasteiger partial charge is 0.349 e. The topological polar surface area (TPSA) is 61.4 Å². The van der Waals surface area contributed by atoms with E-state index in [1.807, 2.05) is 0 Å². The molecule has 2 fully saturated rings. The van der Waals surface area contributed by atoms with Crippen LogP contribution in [-0.2, 0) is 9.59 Å². The van der Waals surface area contributed by atoms with E-state index in [-0.39, 0.29) is 23.9 Å². The lowest BCUT2D eigenvalue weighted by atomic mass is 9.97. The summed E-state index contributed by atoms with van der Waals surface area (Å²) in [7, 11) is 1.74. The van der Waals surface area contributed by atoms with Crippen LogP contribution in [0.5, 0.6) is 0 Å². The standard InChI is InChI=1S/C19H25F2N3O2/c1-11(25)22-17(19-15(20)4-3-5-16(19)21)10-18(26)24(2)14-8-12-6-7-13(9-14)23-12/h3-5,12-14,17,23H,6-10H2,1-2H3,(H,22,25). The molecular weight excluding hydrogens is 340 g/mol. The quantitative estimate of drug-likeness (QED) is 0.842. The zero-order valence-corrected chi connectivity index (χ0v) is 15.1. The van der Waals surface area contributed by atoms with E-state index in [2.05, 4.69) is 10.6 Å². The van der Waals surface area contributed by atoms with Gasteiger partial charge in [-0.05, 0) is 37.8 Å². The SMILES string of the molecule is CC(=O)NC(CC(=O)N(C)C1CC2CCC(C1)N2)c1c(F)cccc1F. The second kappa shape index (κ2) is 7.70. The fourth-order valence-corrected chi connectivity index (χ4v) is 4.18. The molecule has 0 aliphatic carbocycles. The minimum absolute atomic E-state index is 0.115. The van der Waals surface area contributed by atoms with Crippen molar-refractivity contribution in [2.45, 2.75) is 63.2 Å². The van der Waals surface area contributed by atoms with Crippen LogP contribution >= 0.6 is 0 Å². The Bertz CT molecular complexity index is 665. The molecule has 2 saturated heterocycles. The summed E-state index contributed by atoms with van der Waals surface area (Å²) in [6, 6.07) is 3.48. The third-order valence-corrected chi connectivity index (χ3v) is 5.49. The molecule has 2 bridgehead atoms. The summed E-state index contributed by atoms with van der Waals surface area (Å²) in [5.41, 5.74) is -0.269. The van der Waals surface area contributed by atoms with Crippen LogP contribution in [0.1, 0.15) is 50.6 Å². The summed E-state index contributed by atoms with van der Waals surface area (Å²) in [6.07, 6.45) is 3.85. The Labute approximate surface area is 152 Å². The van der Waals surface area contributed by atoms with Crippen LogP contribution in [0.3, 0.4) is 0 Å². The van der Waals surface area contributed by atoms with Crippen molar-refractivity contribution >= 4 is 11.8 Å². The Balaban J connectivity index is 1.74. The van der Waals surface area contributed by atoms with Crippen LogP contribution in [0, 0.1) is 11.6 Å². The van der Waals surface area contributed by atoms with Gasteiger partial charge in [0.15, 0.2) is 0 Å². The molecule has 3 atom stereocenters. The summed E-state index contributed by atoms with van der Waals surface area (Å²) < 4.78 is 28.3. The Morgan fingerprint density at radius 2 is 1.81 bits per heavy atom. The number of hydrogen-bond acceptors (Lipinski definition) is 3. The summed E-state index contributed by atoms with van der Waals surface area (Å²) in [5, 5.41) is 6.05. The van der Waals surface area contributed by atoms with Crippen molar-refractivity contribution in [3.8, 4) is 0 Å². The molecule has 3 rings (SSSR count). The van der Waals surface area contributed by atoms with E-state index >= 15 is 0 Å². The van der Waals surface area contributed by atoms with E-state index in [0.717, 1.165) is 37.8 Å². The number of rotatable bonds is 5. The average molecular weight is 365 g/mol. The molecule has 7 heteroatoms. The van der Waals surface area contributed by atoms with Gasteiger partial charge in [-0.25, -0.2) is 8.78 Å². The van der Waals surface area contributed by atoms with E-state index in [4.69, 9.17) is 0 Å². The second-order valence-electron chi connectivity index (χ2n) is 7.36. The third-order valence-electron chi connectivity index (χ3n) is 5.49. The van der Waals surface area contributed by atoms with Crippen molar-refractivity contribution in [3.63, 3.8) is 0 Å². The summed E-state index contributed by atoms with van der Waals surface area (Å²) in [6.45, 7) is 1.27. The minimum atomic E-state index is -1.03. The Kier molecular flexibility index (Phi) is 5.55. The minimum Gasteiger partial charge on any atom is -0.349 e. The maximum atomic E-state index is 14.1. The van der Waals surface area contributed by atoms with Gasteiger partial charge in [0.1, 0.15) is 11.6 Å². The maximum absolute atomic E-state index is 14.1. The first kappa shape index (κ1) is 18.8. The highest BCUT2D eigenvalue weighted by molar-refractivity contribution is 5.79. The zero-order chi connectivity index (χ0) is 18.8. The number of carbonyl (C=O) groups excluding carboxylic acids is 2. The first-order valence-corrected chi connectivity index (χ1v) is 9.08. The Morgan fingerprint density at radius 3 is 2.35 bits per heavy atom. The number of amides is 2. The van der Waals surface area contributed by atoms with Crippen molar-refractivity contribution in [1.82, 2.24) is 15.5 Å². The number of nitrogens with one attached hydrogen (secondary N) is 2. The van der Waals surface area contributed by atoms with E-state index in [9.17, 15) is 18.4 Å². The van der Waals surface area contributed by atoms with Crippen molar-refractivity contribution in [3.05, 3.63) is 35.4 Å². The molecule has 5 nitrogen and oxygen atoms in total. The molecule has 0 spiro atoms. The van der Waals surface area contributed by atoms with Gasteiger partial charge in [0.2, 0.25) is 11.8 Å². The molecule has 1 aromatic rings. The van der Waals surface area contributed by atoms with Crippen LogP contribution in [-0.4, -0.2) is 41.9 Å². The molecule has 0 radical (unpaired) electrons. The highest BCUT2D eigenvalue weighted by Crippen LogP contribution is 2.30. The summed E-state index contributed by atoms with van der Waals surface area (Å²) in [4.78, 5) is 26.0. The molecule has 0 aromatic heterocycles. The van der Waals surface area contributed by atoms with E-state index < -0.39 is 23.6 Å². The van der Waals surface area contributed by atoms with Gasteiger partial charge in [0, 0.05) is 37.7 Å². The second-order valence-corrected chi connectivity index (χ2v) is 7.36. The lowest BCUT2D eigenvalue weighted by molar-refractivity contribution is -0.133. The van der Waals surface area contributed by atoms with Crippen LogP contribution in [0.15, 0.2) is 18.2 Å². The lowest BCUT2D eigenvalue weighted by Gasteiger charge is -2.36. The highest BCUT2D eigenvalue weighted by atomic mass is 19.1. The summed E-state index contributed by atoms with van der Waals surface area (Å²) in [5.74, 6) is -2.19. The van der Waals surface area contributed by atoms with Crippen molar-refractivity contribution in [1.29, 1.82) is 0 Å². The molecule has 2 heterocycles. The molecule has 0 saturated carbocycles. The monoisotopic (exact) mass is 365 g/mol. The zero-order valence-electron chi connectivity index (χ0n) is 15.1. The molecule has 2 N–H and O–H groups in total. The third kappa shape index (κ3) is 4.03. The Morgan fingerprint density at radius 1 is 1.23 bits per heavy atom. The molecule has 2 amide bonds. The number of fused-ring (bicyclic) bond motifs is 2. The predicted octanol–water partition coefficient (Wildman–Crippen LogP) is 2.27. The fourth-order valence-electron chi connectivity index (χ4n) is 4.18. The molecule has 26 heavy (non-hydrogen) atoms. The molecule has 2 aliphatic heterocycles. The number of hydrogen-bond donors (Lipinski definition) is 2. The van der Waals surface area contributed by atoms with E-state index in [1.54, 1.807) is 11.9 Å². The van der Waals surface area contributed by atoms with Crippen LogP contribution in [0.2, 0.25) is 0 Å². The number of carbonyl (C=O) groups is 2. The number of benzene rings is 1. The van der Waals surface area contributed by atoms with Crippen molar-refractivity contribution < 1.29 is 18.4 Å². The van der Waals surface area contributed by atoms with Gasteiger partial charge < -0.3 is 15.5 Å². The molecule has 142 valence electrons.